The van der Waals surface area contributed by atoms with Crippen molar-refractivity contribution in [2.75, 3.05) is 26.8 Å². The molecule has 236 valence electrons. The van der Waals surface area contributed by atoms with Gasteiger partial charge in [0, 0.05) is 17.5 Å². The summed E-state index contributed by atoms with van der Waals surface area (Å²) in [4.78, 5) is 23.0. The van der Waals surface area contributed by atoms with E-state index in [1.807, 2.05) is 16.7 Å². The number of imidazole rings is 1. The van der Waals surface area contributed by atoms with Crippen molar-refractivity contribution in [3.05, 3.63) is 88.4 Å². The number of hydrogen-bond donors (Lipinski definition) is 1. The number of alkyl halides is 1. The molecule has 11 heteroatoms. The maximum absolute atomic E-state index is 15.6. The van der Waals surface area contributed by atoms with Gasteiger partial charge in [0.15, 0.2) is 11.3 Å². The van der Waals surface area contributed by atoms with E-state index < -0.39 is 37.0 Å². The number of pyridine rings is 1. The molecule has 2 aromatic carbocycles. The van der Waals surface area contributed by atoms with Crippen LogP contribution in [0.2, 0.25) is 0 Å². The second-order valence-corrected chi connectivity index (χ2v) is 12.4. The van der Waals surface area contributed by atoms with Crippen LogP contribution in [0.3, 0.4) is 0 Å². The lowest BCUT2D eigenvalue weighted by Gasteiger charge is -2.34. The summed E-state index contributed by atoms with van der Waals surface area (Å²) in [5, 5.41) is 18.9. The first-order valence-electron chi connectivity index (χ1n) is 16.7. The Hall–Kier alpha value is -4.82. The first kappa shape index (κ1) is 26.4. The van der Waals surface area contributed by atoms with Crippen molar-refractivity contribution in [3.8, 4) is 17.6 Å². The van der Waals surface area contributed by atoms with Gasteiger partial charge in [-0.05, 0) is 92.7 Å². The minimum Gasteiger partial charge on any atom is -0.496 e. The third kappa shape index (κ3) is 5.47. The number of hydrogen-bond acceptors (Lipinski definition) is 7. The number of carbonyl (C=O) groups is 1. The molecule has 4 heterocycles. The smallest absolute Gasteiger partial charge is 0.354 e. The van der Waals surface area contributed by atoms with Crippen LogP contribution in [0.25, 0.3) is 17.0 Å². The Morgan fingerprint density at radius 1 is 1.20 bits per heavy atom. The van der Waals surface area contributed by atoms with Crippen LogP contribution < -0.4 is 9.47 Å². The number of para-hydroxylation sites is 1. The minimum atomic E-state index is -2.79. The first-order valence-corrected chi connectivity index (χ1v) is 15.2. The Labute approximate surface area is 268 Å². The minimum absolute atomic E-state index is 0.0386. The summed E-state index contributed by atoms with van der Waals surface area (Å²) in [5.41, 5.74) is 2.08. The number of nitrogens with zero attached hydrogens (tertiary/aromatic N) is 5. The molecule has 0 unspecified atom stereocenters. The molecule has 0 spiro atoms. The monoisotopic (exact) mass is 628 g/mol. The molecule has 2 fully saturated rings. The largest absolute Gasteiger partial charge is 0.496 e. The van der Waals surface area contributed by atoms with E-state index in [1.54, 1.807) is 18.2 Å². The Morgan fingerprint density at radius 3 is 2.74 bits per heavy atom. The van der Waals surface area contributed by atoms with Gasteiger partial charge in [0.25, 0.3) is 0 Å². The van der Waals surface area contributed by atoms with Crippen molar-refractivity contribution < 1.29 is 32.3 Å². The second-order valence-electron chi connectivity index (χ2n) is 12.4. The maximum atomic E-state index is 15.6. The van der Waals surface area contributed by atoms with Crippen molar-refractivity contribution in [3.63, 3.8) is 0 Å². The zero-order valence-corrected chi connectivity index (χ0v) is 24.9. The van der Waals surface area contributed by atoms with E-state index in [1.165, 1.54) is 30.3 Å². The van der Waals surface area contributed by atoms with Gasteiger partial charge in [-0.25, -0.2) is 19.2 Å². The fourth-order valence-corrected chi connectivity index (χ4v) is 6.56. The SMILES string of the molecule is [2H]C([2H])([2H])Oc1cc(C#N)ccc1[C@@H]1C=C(F)c2cccc(C3CCN(Cc4nc5ccc(C(=O)O)nc5n4CC4(CF)CC4)CC3)c2O1. The molecule has 2 aliphatic heterocycles. The number of piperidine rings is 1. The third-order valence-corrected chi connectivity index (χ3v) is 9.42. The van der Waals surface area contributed by atoms with E-state index in [0.717, 1.165) is 31.2 Å². The van der Waals surface area contributed by atoms with Crippen LogP contribution in [0.5, 0.6) is 11.5 Å². The van der Waals surface area contributed by atoms with Crippen LogP contribution in [-0.2, 0) is 13.1 Å². The van der Waals surface area contributed by atoms with E-state index in [9.17, 15) is 19.6 Å². The van der Waals surface area contributed by atoms with Gasteiger partial charge in [-0.15, -0.1) is 0 Å². The Balaban J connectivity index is 1.11. The van der Waals surface area contributed by atoms with Crippen molar-refractivity contribution >= 4 is 23.0 Å². The van der Waals surface area contributed by atoms with Crippen molar-refractivity contribution in [1.29, 1.82) is 5.26 Å². The quantitative estimate of drug-likeness (QED) is 0.221. The molecule has 1 atom stereocenters. The van der Waals surface area contributed by atoms with Crippen LogP contribution in [0.1, 0.15) is 80.4 Å². The number of nitriles is 1. The van der Waals surface area contributed by atoms with E-state index in [0.29, 0.717) is 54.5 Å². The molecule has 4 aromatic rings. The lowest BCUT2D eigenvalue weighted by Crippen LogP contribution is -2.34. The number of benzene rings is 2. The average Bonchev–Trinajstić information content (AvgIpc) is 3.78. The van der Waals surface area contributed by atoms with Gasteiger partial charge in [-0.1, -0.05) is 12.1 Å². The highest BCUT2D eigenvalue weighted by atomic mass is 19.1. The molecular weight excluding hydrogens is 592 g/mol. The molecule has 2 aromatic heterocycles. The van der Waals surface area contributed by atoms with Crippen molar-refractivity contribution in [2.45, 2.75) is 50.8 Å². The molecule has 1 saturated heterocycles. The summed E-state index contributed by atoms with van der Waals surface area (Å²) in [6.45, 7) is 1.77. The van der Waals surface area contributed by atoms with Gasteiger partial charge in [0.05, 0.1) is 41.6 Å². The van der Waals surface area contributed by atoms with Gasteiger partial charge in [-0.3, -0.25) is 9.29 Å². The average molecular weight is 629 g/mol. The highest BCUT2D eigenvalue weighted by Crippen LogP contribution is 2.48. The molecule has 46 heavy (non-hydrogen) atoms. The number of aromatic nitrogens is 3. The summed E-state index contributed by atoms with van der Waals surface area (Å²) >= 11 is 0. The highest BCUT2D eigenvalue weighted by molar-refractivity contribution is 5.88. The number of halogens is 2. The van der Waals surface area contributed by atoms with Crippen molar-refractivity contribution in [2.24, 2.45) is 5.41 Å². The summed E-state index contributed by atoms with van der Waals surface area (Å²) in [7, 11) is -2.79. The predicted molar refractivity (Wildman–Crippen MR) is 166 cm³/mol. The van der Waals surface area contributed by atoms with Crippen LogP contribution in [0.4, 0.5) is 8.78 Å². The molecule has 3 aliphatic rings. The van der Waals surface area contributed by atoms with E-state index in [-0.39, 0.29) is 28.5 Å². The first-order chi connectivity index (χ1) is 23.5. The number of likely N-dealkylation sites (tertiary alicyclic amines) is 1. The Morgan fingerprint density at radius 2 is 2.02 bits per heavy atom. The number of methoxy groups -OCH3 is 1. The predicted octanol–water partition coefficient (Wildman–Crippen LogP) is 6.58. The lowest BCUT2D eigenvalue weighted by atomic mass is 9.86. The van der Waals surface area contributed by atoms with Gasteiger partial charge in [0.1, 0.15) is 34.8 Å². The molecule has 1 aliphatic carbocycles. The van der Waals surface area contributed by atoms with Gasteiger partial charge in [-0.2, -0.15) is 5.26 Å². The van der Waals surface area contributed by atoms with E-state index in [4.69, 9.17) is 18.6 Å². The standard InChI is InChI=1S/C35H33F2N5O4/c1-45-29-15-21(17-38)5-6-25(29)30-16-26(37)24-4-2-3-23(32(24)46-30)22-9-13-41(14-10-22)18-31-39-27-7-8-28(34(43)44)40-33(27)42(31)20-35(19-36)11-12-35/h2-8,15-16,22,30H,9-14,18-20H2,1H3,(H,43,44)/t30-/m0/s1/i1D3. The molecule has 1 N–H and O–H groups in total. The number of rotatable bonds is 9. The zero-order valence-electron chi connectivity index (χ0n) is 27.9. The molecule has 0 radical (unpaired) electrons. The highest BCUT2D eigenvalue weighted by Gasteiger charge is 2.44. The molecule has 1 saturated carbocycles. The number of ether oxygens (including phenoxy) is 2. The van der Waals surface area contributed by atoms with Crippen LogP contribution in [0, 0.1) is 16.7 Å². The lowest BCUT2D eigenvalue weighted by molar-refractivity contribution is 0.0690. The fraction of sp³-hybridized carbons (Fsp3) is 0.371. The summed E-state index contributed by atoms with van der Waals surface area (Å²) in [5.74, 6) is -0.595. The zero-order chi connectivity index (χ0) is 34.5. The maximum Gasteiger partial charge on any atom is 0.354 e. The third-order valence-electron chi connectivity index (χ3n) is 9.42. The van der Waals surface area contributed by atoms with Gasteiger partial charge in [0.2, 0.25) is 0 Å². The van der Waals surface area contributed by atoms with Gasteiger partial charge < -0.3 is 19.1 Å². The summed E-state index contributed by atoms with van der Waals surface area (Å²) in [6.07, 6.45) is 3.27. The number of carboxylic acids is 1. The summed E-state index contributed by atoms with van der Waals surface area (Å²) in [6, 6.07) is 14.7. The number of aromatic carboxylic acids is 1. The molecule has 7 rings (SSSR count). The summed E-state index contributed by atoms with van der Waals surface area (Å²) < 4.78 is 65.8. The Kier molecular flexibility index (Phi) is 6.80. The Bertz CT molecular complexity index is 2010. The van der Waals surface area contributed by atoms with Crippen LogP contribution in [0.15, 0.2) is 54.6 Å². The normalized spacial score (nSPS) is 20.4. The molecule has 0 bridgehead atoms. The topological polar surface area (TPSA) is 114 Å². The molecular formula is C35H33F2N5O4. The van der Waals surface area contributed by atoms with Crippen molar-refractivity contribution in [1.82, 2.24) is 19.4 Å². The van der Waals surface area contributed by atoms with Crippen LogP contribution >= 0.6 is 0 Å². The van der Waals surface area contributed by atoms with E-state index in [2.05, 4.69) is 9.88 Å². The fourth-order valence-electron chi connectivity index (χ4n) is 6.56. The van der Waals surface area contributed by atoms with Crippen LogP contribution in [-0.4, -0.2) is 57.3 Å². The molecule has 0 amide bonds. The van der Waals surface area contributed by atoms with Gasteiger partial charge >= 0.3 is 5.97 Å². The molecule has 9 nitrogen and oxygen atoms in total. The second kappa shape index (κ2) is 11.8. The van der Waals surface area contributed by atoms with E-state index >= 15 is 4.39 Å². The number of fused-ring (bicyclic) bond motifs is 2. The number of carboxylic acid groups (broad SMARTS) is 1.